The van der Waals surface area contributed by atoms with Gasteiger partial charge in [-0.25, -0.2) is 0 Å². The predicted molar refractivity (Wildman–Crippen MR) is 77.7 cm³/mol. The highest BCUT2D eigenvalue weighted by Gasteiger charge is 2.63. The Morgan fingerprint density at radius 2 is 1.80 bits per heavy atom. The number of nitrogens with zero attached hydrogens (tertiary/aromatic N) is 2. The first-order chi connectivity index (χ1) is 9.30. The van der Waals surface area contributed by atoms with Gasteiger partial charge in [0.25, 0.3) is 0 Å². The van der Waals surface area contributed by atoms with Crippen LogP contribution in [0.1, 0.15) is 58.8 Å². The van der Waals surface area contributed by atoms with Crippen molar-refractivity contribution in [3.05, 3.63) is 0 Å². The Balaban J connectivity index is 1.85. The maximum Gasteiger partial charge on any atom is 0.228 e. The van der Waals surface area contributed by atoms with Crippen LogP contribution in [0.5, 0.6) is 0 Å². The summed E-state index contributed by atoms with van der Waals surface area (Å²) in [6.45, 7) is 5.37. The largest absolute Gasteiger partial charge is 0.344 e. The molecule has 20 heavy (non-hydrogen) atoms. The van der Waals surface area contributed by atoms with Gasteiger partial charge in [-0.15, -0.1) is 0 Å². The zero-order chi connectivity index (χ0) is 14.6. The molecule has 0 spiro atoms. The monoisotopic (exact) mass is 274 g/mol. The lowest BCUT2D eigenvalue weighted by molar-refractivity contribution is -0.178. The van der Waals surface area contributed by atoms with Crippen LogP contribution in [0.15, 0.2) is 0 Å². The van der Waals surface area contributed by atoms with Gasteiger partial charge >= 0.3 is 0 Å². The van der Waals surface area contributed by atoms with Crippen molar-refractivity contribution in [2.24, 2.45) is 22.2 Å². The van der Waals surface area contributed by atoms with Crippen LogP contribution in [0.2, 0.25) is 0 Å². The molecule has 4 aliphatic carbocycles. The van der Waals surface area contributed by atoms with E-state index >= 15 is 0 Å². The van der Waals surface area contributed by atoms with Crippen molar-refractivity contribution < 1.29 is 4.79 Å². The van der Waals surface area contributed by atoms with Crippen molar-refractivity contribution >= 4 is 5.91 Å². The van der Waals surface area contributed by atoms with Gasteiger partial charge in [-0.3, -0.25) is 4.79 Å². The minimum atomic E-state index is -0.118. The molecule has 4 saturated carbocycles. The Labute approximate surface area is 122 Å². The highest BCUT2D eigenvalue weighted by Crippen LogP contribution is 2.69. The molecule has 0 aromatic heterocycles. The maximum absolute atomic E-state index is 13.0. The van der Waals surface area contributed by atoms with E-state index in [1.165, 1.54) is 19.3 Å². The molecule has 2 unspecified atom stereocenters. The van der Waals surface area contributed by atoms with Gasteiger partial charge in [0.1, 0.15) is 0 Å². The number of hydrogen-bond donors (Lipinski definition) is 0. The molecule has 4 rings (SSSR count). The van der Waals surface area contributed by atoms with Crippen LogP contribution in [-0.2, 0) is 4.79 Å². The third-order valence-corrected chi connectivity index (χ3v) is 5.99. The number of amides is 1. The van der Waals surface area contributed by atoms with Crippen molar-refractivity contribution in [1.29, 1.82) is 5.26 Å². The lowest BCUT2D eigenvalue weighted by atomic mass is 9.40. The molecule has 4 bridgehead atoms. The molecule has 1 amide bonds. The Kier molecular flexibility index (Phi) is 2.94. The van der Waals surface area contributed by atoms with Gasteiger partial charge in [0, 0.05) is 13.6 Å². The van der Waals surface area contributed by atoms with Crippen molar-refractivity contribution in [1.82, 2.24) is 4.90 Å². The van der Waals surface area contributed by atoms with Crippen LogP contribution in [-0.4, -0.2) is 24.4 Å². The predicted octanol–water partition coefficient (Wildman–Crippen LogP) is 3.36. The first-order valence-electron chi connectivity index (χ1n) is 7.93. The summed E-state index contributed by atoms with van der Waals surface area (Å²) in [7, 11) is 1.88. The van der Waals surface area contributed by atoms with Gasteiger partial charge in [0.2, 0.25) is 5.91 Å². The van der Waals surface area contributed by atoms with Crippen molar-refractivity contribution in [3.8, 4) is 6.07 Å². The third kappa shape index (κ3) is 2.05. The molecular formula is C17H26N2O. The third-order valence-electron chi connectivity index (χ3n) is 5.99. The van der Waals surface area contributed by atoms with Crippen LogP contribution in [0.3, 0.4) is 0 Å². The summed E-state index contributed by atoms with van der Waals surface area (Å²) in [4.78, 5) is 14.8. The molecule has 0 N–H and O–H groups in total. The maximum atomic E-state index is 13.0. The van der Waals surface area contributed by atoms with Crippen LogP contribution >= 0.6 is 0 Å². The Bertz CT molecular complexity index is 460. The Morgan fingerprint density at radius 1 is 1.20 bits per heavy atom. The van der Waals surface area contributed by atoms with Gasteiger partial charge < -0.3 is 4.90 Å². The van der Waals surface area contributed by atoms with Gasteiger partial charge in [-0.1, -0.05) is 13.8 Å². The summed E-state index contributed by atoms with van der Waals surface area (Å²) in [5, 5.41) is 8.73. The highest BCUT2D eigenvalue weighted by atomic mass is 16.2. The van der Waals surface area contributed by atoms with E-state index in [9.17, 15) is 4.79 Å². The van der Waals surface area contributed by atoms with Gasteiger partial charge in [-0.05, 0) is 55.3 Å². The van der Waals surface area contributed by atoms with E-state index in [0.717, 1.165) is 25.2 Å². The number of nitriles is 1. The summed E-state index contributed by atoms with van der Waals surface area (Å²) >= 11 is 0. The van der Waals surface area contributed by atoms with E-state index in [1.54, 1.807) is 0 Å². The standard InChI is InChI=1S/C17H26N2O/c1-15-7-13-8-16(2,10-15)12-17(9-13,11-15)14(20)19(3)6-4-5-18/h13H,4,6-12H2,1-3H3. The zero-order valence-electron chi connectivity index (χ0n) is 13.0. The molecule has 0 aromatic carbocycles. The molecule has 0 aromatic rings. The van der Waals surface area contributed by atoms with Gasteiger partial charge in [-0.2, -0.15) is 5.26 Å². The molecule has 0 heterocycles. The summed E-state index contributed by atoms with van der Waals surface area (Å²) in [5.74, 6) is 1.06. The van der Waals surface area contributed by atoms with E-state index in [1.807, 2.05) is 11.9 Å². The summed E-state index contributed by atoms with van der Waals surface area (Å²) in [6, 6.07) is 2.15. The molecule has 4 fully saturated rings. The van der Waals surface area contributed by atoms with Crippen LogP contribution in [0, 0.1) is 33.5 Å². The first kappa shape index (κ1) is 13.9. The Morgan fingerprint density at radius 3 is 2.30 bits per heavy atom. The van der Waals surface area contributed by atoms with Crippen LogP contribution in [0.4, 0.5) is 0 Å². The topological polar surface area (TPSA) is 44.1 Å². The zero-order valence-corrected chi connectivity index (χ0v) is 13.0. The second kappa shape index (κ2) is 4.23. The fourth-order valence-corrected chi connectivity index (χ4v) is 6.41. The quantitative estimate of drug-likeness (QED) is 0.792. The van der Waals surface area contributed by atoms with Crippen molar-refractivity contribution in [3.63, 3.8) is 0 Å². The second-order valence-corrected chi connectivity index (χ2v) is 8.55. The van der Waals surface area contributed by atoms with Gasteiger partial charge in [0.15, 0.2) is 0 Å². The lowest BCUT2D eigenvalue weighted by Crippen LogP contribution is -2.60. The molecule has 0 saturated heterocycles. The first-order valence-corrected chi connectivity index (χ1v) is 7.93. The smallest absolute Gasteiger partial charge is 0.228 e. The second-order valence-electron chi connectivity index (χ2n) is 8.55. The molecule has 0 radical (unpaired) electrons. The summed E-state index contributed by atoms with van der Waals surface area (Å²) in [6.07, 6.45) is 7.61. The molecule has 3 nitrogen and oxygen atoms in total. The normalized spacial score (nSPS) is 45.2. The van der Waals surface area contributed by atoms with E-state index in [2.05, 4.69) is 19.9 Å². The number of carbonyl (C=O) groups excluding carboxylic acids is 1. The molecular weight excluding hydrogens is 248 g/mol. The van der Waals surface area contributed by atoms with E-state index in [4.69, 9.17) is 5.26 Å². The lowest BCUT2D eigenvalue weighted by Gasteiger charge is -2.65. The minimum Gasteiger partial charge on any atom is -0.344 e. The number of rotatable bonds is 3. The molecule has 3 heteroatoms. The van der Waals surface area contributed by atoms with Crippen LogP contribution in [0.25, 0.3) is 0 Å². The Hall–Kier alpha value is -1.04. The fraction of sp³-hybridized carbons (Fsp3) is 0.882. The molecule has 0 aliphatic heterocycles. The van der Waals surface area contributed by atoms with E-state index in [0.29, 0.717) is 29.7 Å². The summed E-state index contributed by atoms with van der Waals surface area (Å²) < 4.78 is 0. The number of hydrogen-bond acceptors (Lipinski definition) is 2. The van der Waals surface area contributed by atoms with E-state index < -0.39 is 0 Å². The van der Waals surface area contributed by atoms with E-state index in [-0.39, 0.29) is 5.41 Å². The van der Waals surface area contributed by atoms with Crippen molar-refractivity contribution in [2.45, 2.75) is 58.8 Å². The summed E-state index contributed by atoms with van der Waals surface area (Å²) in [5.41, 5.74) is 0.632. The highest BCUT2D eigenvalue weighted by molar-refractivity contribution is 5.83. The molecule has 4 aliphatic rings. The SMILES string of the molecule is CN(CCC#N)C(=O)C12CC3CC(C)(CC(C)(C3)C1)C2. The average Bonchev–Trinajstić information content (AvgIpc) is 2.30. The molecule has 110 valence electrons. The fourth-order valence-electron chi connectivity index (χ4n) is 6.41. The average molecular weight is 274 g/mol. The number of carbonyl (C=O) groups is 1. The van der Waals surface area contributed by atoms with Crippen molar-refractivity contribution in [2.75, 3.05) is 13.6 Å². The van der Waals surface area contributed by atoms with Gasteiger partial charge in [0.05, 0.1) is 17.9 Å². The minimum absolute atomic E-state index is 0.118. The molecule has 2 atom stereocenters. The van der Waals surface area contributed by atoms with Crippen LogP contribution < -0.4 is 0 Å².